The van der Waals surface area contributed by atoms with Gasteiger partial charge in [0.25, 0.3) is 0 Å². The number of alkyl halides is 1. The standard InChI is InChI=1S/C9H9ClN4S/c10-4-3-8-13-14-9(15-8)12-7-2-1-5-11-6-7/h1-2,5-6H,3-4H2,(H,12,14). The zero-order valence-corrected chi connectivity index (χ0v) is 9.42. The number of nitrogens with one attached hydrogen (secondary N) is 1. The molecule has 0 atom stereocenters. The van der Waals surface area contributed by atoms with E-state index >= 15 is 0 Å². The summed E-state index contributed by atoms with van der Waals surface area (Å²) in [7, 11) is 0. The maximum Gasteiger partial charge on any atom is 0.210 e. The molecule has 0 bridgehead atoms. The quantitative estimate of drug-likeness (QED) is 0.835. The molecule has 0 fully saturated rings. The van der Waals surface area contributed by atoms with E-state index in [0.29, 0.717) is 5.88 Å². The monoisotopic (exact) mass is 240 g/mol. The van der Waals surface area contributed by atoms with E-state index in [-0.39, 0.29) is 0 Å². The summed E-state index contributed by atoms with van der Waals surface area (Å²) in [6.45, 7) is 0. The summed E-state index contributed by atoms with van der Waals surface area (Å²) in [5.74, 6) is 0.571. The number of nitrogens with zero attached hydrogens (tertiary/aromatic N) is 3. The molecule has 0 aliphatic heterocycles. The van der Waals surface area contributed by atoms with E-state index in [0.717, 1.165) is 22.2 Å². The Morgan fingerprint density at radius 3 is 3.07 bits per heavy atom. The lowest BCUT2D eigenvalue weighted by molar-refractivity contribution is 0.989. The minimum atomic E-state index is 0.571. The molecule has 6 heteroatoms. The molecule has 0 saturated carbocycles. The van der Waals surface area contributed by atoms with Gasteiger partial charge in [-0.25, -0.2) is 0 Å². The van der Waals surface area contributed by atoms with Crippen LogP contribution < -0.4 is 5.32 Å². The average molecular weight is 241 g/mol. The number of aryl methyl sites for hydroxylation is 1. The summed E-state index contributed by atoms with van der Waals surface area (Å²) in [5, 5.41) is 12.8. The molecule has 0 aliphatic rings. The molecule has 0 spiro atoms. The molecule has 0 unspecified atom stereocenters. The van der Waals surface area contributed by atoms with Crippen molar-refractivity contribution in [2.75, 3.05) is 11.2 Å². The van der Waals surface area contributed by atoms with Gasteiger partial charge in [-0.15, -0.1) is 21.8 Å². The SMILES string of the molecule is ClCCc1nnc(Nc2cccnc2)s1. The first-order chi connectivity index (χ1) is 7.38. The van der Waals surface area contributed by atoms with E-state index in [1.165, 1.54) is 11.3 Å². The highest BCUT2D eigenvalue weighted by atomic mass is 35.5. The first-order valence-electron chi connectivity index (χ1n) is 4.44. The fourth-order valence-corrected chi connectivity index (χ4v) is 2.10. The molecule has 78 valence electrons. The van der Waals surface area contributed by atoms with Gasteiger partial charge in [-0.2, -0.15) is 0 Å². The summed E-state index contributed by atoms with van der Waals surface area (Å²) < 4.78 is 0. The number of rotatable bonds is 4. The van der Waals surface area contributed by atoms with Crippen LogP contribution in [-0.2, 0) is 6.42 Å². The Bertz CT molecular complexity index is 417. The topological polar surface area (TPSA) is 50.7 Å². The molecule has 0 aliphatic carbocycles. The van der Waals surface area contributed by atoms with Crippen molar-refractivity contribution in [3.05, 3.63) is 29.5 Å². The third-order valence-corrected chi connectivity index (χ3v) is 2.78. The van der Waals surface area contributed by atoms with Crippen molar-refractivity contribution >= 4 is 33.8 Å². The molecule has 2 heterocycles. The predicted octanol–water partition coefficient (Wildman–Crippen LogP) is 2.46. The molecule has 4 nitrogen and oxygen atoms in total. The molecular formula is C9H9ClN4S. The molecule has 15 heavy (non-hydrogen) atoms. The third kappa shape index (κ3) is 2.87. The normalized spacial score (nSPS) is 10.2. The van der Waals surface area contributed by atoms with Crippen LogP contribution >= 0.6 is 22.9 Å². The zero-order valence-electron chi connectivity index (χ0n) is 7.85. The van der Waals surface area contributed by atoms with Crippen LogP contribution in [-0.4, -0.2) is 21.1 Å². The zero-order chi connectivity index (χ0) is 10.5. The smallest absolute Gasteiger partial charge is 0.210 e. The van der Waals surface area contributed by atoms with Crippen LogP contribution in [0.2, 0.25) is 0 Å². The van der Waals surface area contributed by atoms with Crippen molar-refractivity contribution in [1.29, 1.82) is 0 Å². The summed E-state index contributed by atoms with van der Waals surface area (Å²) >= 11 is 7.12. The van der Waals surface area contributed by atoms with Crippen LogP contribution in [0.5, 0.6) is 0 Å². The van der Waals surface area contributed by atoms with Crippen molar-refractivity contribution < 1.29 is 0 Å². The first-order valence-corrected chi connectivity index (χ1v) is 5.79. The van der Waals surface area contributed by atoms with Gasteiger partial charge in [0.1, 0.15) is 5.01 Å². The molecule has 2 aromatic heterocycles. The Morgan fingerprint density at radius 1 is 1.40 bits per heavy atom. The summed E-state index contributed by atoms with van der Waals surface area (Å²) in [6.07, 6.45) is 4.22. The second-order valence-electron chi connectivity index (χ2n) is 2.81. The van der Waals surface area contributed by atoms with Gasteiger partial charge in [0.05, 0.1) is 11.9 Å². The fraction of sp³-hybridized carbons (Fsp3) is 0.222. The molecule has 2 rings (SSSR count). The number of pyridine rings is 1. The van der Waals surface area contributed by atoms with Gasteiger partial charge in [0.15, 0.2) is 0 Å². The summed E-state index contributed by atoms with van der Waals surface area (Å²) in [5.41, 5.74) is 0.908. The minimum absolute atomic E-state index is 0.571. The van der Waals surface area contributed by atoms with E-state index < -0.39 is 0 Å². The summed E-state index contributed by atoms with van der Waals surface area (Å²) in [4.78, 5) is 4.00. The Kier molecular flexibility index (Phi) is 3.47. The van der Waals surface area contributed by atoms with Crippen LogP contribution in [0.4, 0.5) is 10.8 Å². The first kappa shape index (κ1) is 10.3. The molecule has 2 aromatic rings. The fourth-order valence-electron chi connectivity index (χ4n) is 1.05. The molecule has 0 aromatic carbocycles. The number of hydrogen-bond donors (Lipinski definition) is 1. The van der Waals surface area contributed by atoms with E-state index in [4.69, 9.17) is 11.6 Å². The van der Waals surface area contributed by atoms with E-state index in [1.54, 1.807) is 12.4 Å². The van der Waals surface area contributed by atoms with Crippen LogP contribution in [0.25, 0.3) is 0 Å². The lowest BCUT2D eigenvalue weighted by Crippen LogP contribution is -1.89. The van der Waals surface area contributed by atoms with Crippen LogP contribution in [0, 0.1) is 0 Å². The Balaban J connectivity index is 2.05. The van der Waals surface area contributed by atoms with Gasteiger partial charge in [-0.05, 0) is 12.1 Å². The maximum absolute atomic E-state index is 5.61. The number of halogens is 1. The number of hydrogen-bond acceptors (Lipinski definition) is 5. The van der Waals surface area contributed by atoms with Gasteiger partial charge in [0, 0.05) is 18.5 Å². The van der Waals surface area contributed by atoms with Crippen LogP contribution in [0.15, 0.2) is 24.5 Å². The van der Waals surface area contributed by atoms with Crippen molar-refractivity contribution in [3.8, 4) is 0 Å². The van der Waals surface area contributed by atoms with Crippen LogP contribution in [0.1, 0.15) is 5.01 Å². The third-order valence-electron chi connectivity index (χ3n) is 1.69. The number of aromatic nitrogens is 3. The Hall–Kier alpha value is -1.20. The molecule has 0 amide bonds. The van der Waals surface area contributed by atoms with Crippen molar-refractivity contribution in [2.45, 2.75) is 6.42 Å². The second kappa shape index (κ2) is 5.04. The van der Waals surface area contributed by atoms with E-state index in [1.807, 2.05) is 12.1 Å². The van der Waals surface area contributed by atoms with Gasteiger partial charge in [0.2, 0.25) is 5.13 Å². The van der Waals surface area contributed by atoms with Crippen molar-refractivity contribution in [1.82, 2.24) is 15.2 Å². The van der Waals surface area contributed by atoms with Gasteiger partial charge in [-0.3, -0.25) is 4.98 Å². The molecule has 1 N–H and O–H groups in total. The molecule has 0 radical (unpaired) electrons. The van der Waals surface area contributed by atoms with Crippen molar-refractivity contribution in [3.63, 3.8) is 0 Å². The Labute approximate surface area is 96.3 Å². The maximum atomic E-state index is 5.61. The molecule has 0 saturated heterocycles. The highest BCUT2D eigenvalue weighted by Gasteiger charge is 2.03. The second-order valence-corrected chi connectivity index (χ2v) is 4.25. The number of anilines is 2. The minimum Gasteiger partial charge on any atom is -0.329 e. The van der Waals surface area contributed by atoms with Crippen molar-refractivity contribution in [2.24, 2.45) is 0 Å². The highest BCUT2D eigenvalue weighted by Crippen LogP contribution is 2.20. The van der Waals surface area contributed by atoms with Gasteiger partial charge >= 0.3 is 0 Å². The Morgan fingerprint density at radius 2 is 2.33 bits per heavy atom. The lowest BCUT2D eigenvalue weighted by Gasteiger charge is -1.98. The van der Waals surface area contributed by atoms with Crippen LogP contribution in [0.3, 0.4) is 0 Å². The largest absolute Gasteiger partial charge is 0.329 e. The van der Waals surface area contributed by atoms with E-state index in [9.17, 15) is 0 Å². The highest BCUT2D eigenvalue weighted by molar-refractivity contribution is 7.15. The lowest BCUT2D eigenvalue weighted by atomic mass is 10.4. The average Bonchev–Trinajstić information content (AvgIpc) is 2.68. The van der Waals surface area contributed by atoms with Gasteiger partial charge < -0.3 is 5.32 Å². The van der Waals surface area contributed by atoms with Gasteiger partial charge in [-0.1, -0.05) is 11.3 Å². The summed E-state index contributed by atoms with van der Waals surface area (Å²) in [6, 6.07) is 3.79. The molecular weight excluding hydrogens is 232 g/mol. The van der Waals surface area contributed by atoms with E-state index in [2.05, 4.69) is 20.5 Å². The predicted molar refractivity (Wildman–Crippen MR) is 61.9 cm³/mol.